The third-order valence-corrected chi connectivity index (χ3v) is 15.5. The highest BCUT2D eigenvalue weighted by Gasteiger charge is 2.80. The Kier molecular flexibility index (Phi) is 9.37. The van der Waals surface area contributed by atoms with E-state index in [-0.39, 0.29) is 24.2 Å². The van der Waals surface area contributed by atoms with E-state index in [1.54, 1.807) is 7.11 Å². The molecule has 9 rings (SSSR count). The van der Waals surface area contributed by atoms with Crippen molar-refractivity contribution in [3.63, 3.8) is 0 Å². The van der Waals surface area contributed by atoms with Crippen LogP contribution in [0.25, 0.3) is 10.9 Å². The van der Waals surface area contributed by atoms with Gasteiger partial charge >= 0.3 is 17.9 Å². The van der Waals surface area contributed by atoms with E-state index in [2.05, 4.69) is 33.8 Å². The average Bonchev–Trinajstić information content (AvgIpc) is 3.91. The highest BCUT2D eigenvalue weighted by molar-refractivity contribution is 5.96. The minimum atomic E-state index is -2.32. The van der Waals surface area contributed by atoms with Crippen LogP contribution in [0.2, 0.25) is 0 Å². The fourth-order valence-corrected chi connectivity index (χ4v) is 13.3. The van der Waals surface area contributed by atoms with Crippen LogP contribution in [0.4, 0.5) is 5.69 Å². The van der Waals surface area contributed by atoms with E-state index in [1.807, 2.05) is 55.3 Å². The van der Waals surface area contributed by atoms with Gasteiger partial charge in [0.2, 0.25) is 5.60 Å². The Labute approximate surface area is 345 Å². The van der Waals surface area contributed by atoms with Crippen LogP contribution in [0.15, 0.2) is 48.6 Å². The standard InChI is InChI=1S/C46H56N4O9/c1-8-27-24-49-19-15-30-29-13-10-11-14-33(29)47-37(30)45(41(53)57-6,23-28(25-49)36(27)52)32-21-31-34(22-35(32)56-5)48(4)39-44(31)17-20-50-18-12-16-43(9-2,38(44)50)40(59-26(3)51)46(39,55)42(54)58-7/h10-14,16,21-22,27-28,38-40,47,55H,8-9,15,17-20,23-25H2,1-7H3/t27-,28-,38-,39+,40+,43+,44+,45-,46-/m0/s1. The van der Waals surface area contributed by atoms with E-state index in [1.165, 1.54) is 21.1 Å². The van der Waals surface area contributed by atoms with E-state index in [9.17, 15) is 19.5 Å². The molecule has 6 aliphatic rings. The molecule has 1 spiro atoms. The Morgan fingerprint density at radius 1 is 0.983 bits per heavy atom. The summed E-state index contributed by atoms with van der Waals surface area (Å²) in [6, 6.07) is 10.8. The van der Waals surface area contributed by atoms with Crippen molar-refractivity contribution in [2.45, 2.75) is 87.5 Å². The number of aliphatic hydroxyl groups is 1. The summed E-state index contributed by atoms with van der Waals surface area (Å²) >= 11 is 0. The van der Waals surface area contributed by atoms with Crippen LogP contribution >= 0.6 is 0 Å². The number of ether oxygens (including phenoxy) is 4. The number of Topliss-reactive ketones (excluding diaryl/α,β-unsaturated/α-hetero) is 1. The SMILES string of the molecule is CC[C@H]1CN2CCc3c([nH]c4ccccc34)[C@@](C(=O)OC)(c3cc4c(cc3OC)N(C)[C@H]3[C@@](O)(C(=O)OC)[C@H](OC(C)=O)[C@]5(CC)C=CCN6CC[C@]43[C@@H]65)C[C@@H](C2)C1=O. The van der Waals surface area contributed by atoms with Gasteiger partial charge in [0.15, 0.2) is 6.10 Å². The second kappa shape index (κ2) is 13.9. The lowest BCUT2D eigenvalue weighted by atomic mass is 9.47. The summed E-state index contributed by atoms with van der Waals surface area (Å²) in [5.74, 6) is -2.11. The van der Waals surface area contributed by atoms with Crippen LogP contribution in [-0.2, 0) is 50.6 Å². The Balaban J connectivity index is 1.37. The molecule has 1 unspecified atom stereocenters. The lowest BCUT2D eigenvalue weighted by Gasteiger charge is -2.63. The van der Waals surface area contributed by atoms with Crippen molar-refractivity contribution in [3.05, 3.63) is 70.9 Å². The van der Waals surface area contributed by atoms with Crippen molar-refractivity contribution in [1.82, 2.24) is 14.8 Å². The molecule has 13 nitrogen and oxygen atoms in total. The predicted molar refractivity (Wildman–Crippen MR) is 219 cm³/mol. The summed E-state index contributed by atoms with van der Waals surface area (Å²) in [7, 11) is 6.07. The first-order valence-electron chi connectivity index (χ1n) is 21.1. The summed E-state index contributed by atoms with van der Waals surface area (Å²) in [5.41, 5.74) is -1.13. The Morgan fingerprint density at radius 2 is 1.75 bits per heavy atom. The predicted octanol–water partition coefficient (Wildman–Crippen LogP) is 4.06. The van der Waals surface area contributed by atoms with Crippen molar-refractivity contribution in [3.8, 4) is 5.75 Å². The molecular weight excluding hydrogens is 753 g/mol. The summed E-state index contributed by atoms with van der Waals surface area (Å²) in [6.45, 7) is 8.55. The number of aromatic nitrogens is 1. The molecule has 314 valence electrons. The number of carbonyl (C=O) groups is 4. The maximum atomic E-state index is 15.3. The molecule has 0 radical (unpaired) electrons. The van der Waals surface area contributed by atoms with E-state index in [0.717, 1.165) is 28.6 Å². The number of H-pyrrole nitrogens is 1. The van der Waals surface area contributed by atoms with E-state index < -0.39 is 57.8 Å². The summed E-state index contributed by atoms with van der Waals surface area (Å²) in [4.78, 5) is 67.6. The number of piperidine rings is 1. The first-order valence-corrected chi connectivity index (χ1v) is 21.1. The van der Waals surface area contributed by atoms with Crippen molar-refractivity contribution in [2.24, 2.45) is 17.3 Å². The number of methoxy groups -OCH3 is 3. The third-order valence-electron chi connectivity index (χ3n) is 15.5. The molecule has 6 heterocycles. The maximum absolute atomic E-state index is 15.3. The quantitative estimate of drug-likeness (QED) is 0.202. The van der Waals surface area contributed by atoms with Crippen molar-refractivity contribution in [2.75, 3.05) is 66.0 Å². The number of benzene rings is 2. The number of anilines is 1. The number of carbonyl (C=O) groups excluding carboxylic acids is 4. The first kappa shape index (κ1) is 39.7. The number of para-hydroxylation sites is 1. The number of hydrogen-bond donors (Lipinski definition) is 2. The van der Waals surface area contributed by atoms with Gasteiger partial charge in [0.25, 0.3) is 0 Å². The number of fused-ring (bicyclic) bond motifs is 6. The van der Waals surface area contributed by atoms with Crippen LogP contribution in [0.3, 0.4) is 0 Å². The van der Waals surface area contributed by atoms with Gasteiger partial charge in [0, 0.05) is 103 Å². The highest BCUT2D eigenvalue weighted by Crippen LogP contribution is 2.68. The van der Waals surface area contributed by atoms with Gasteiger partial charge in [-0.25, -0.2) is 4.79 Å². The second-order valence-electron chi connectivity index (χ2n) is 17.8. The van der Waals surface area contributed by atoms with E-state index in [4.69, 9.17) is 18.9 Å². The molecule has 2 bridgehead atoms. The summed E-state index contributed by atoms with van der Waals surface area (Å²) < 4.78 is 23.9. The fourth-order valence-electron chi connectivity index (χ4n) is 13.3. The maximum Gasteiger partial charge on any atom is 0.344 e. The molecule has 3 fully saturated rings. The Hall–Kier alpha value is -4.72. The molecule has 5 aliphatic heterocycles. The molecule has 0 amide bonds. The van der Waals surface area contributed by atoms with Crippen molar-refractivity contribution >= 4 is 40.3 Å². The Morgan fingerprint density at radius 3 is 2.44 bits per heavy atom. The zero-order chi connectivity index (χ0) is 41.8. The van der Waals surface area contributed by atoms with E-state index in [0.29, 0.717) is 74.6 Å². The van der Waals surface area contributed by atoms with Crippen LogP contribution < -0.4 is 9.64 Å². The lowest BCUT2D eigenvalue weighted by Crippen LogP contribution is -2.81. The number of aromatic amines is 1. The molecule has 1 aliphatic carbocycles. The third kappa shape index (κ3) is 5.07. The highest BCUT2D eigenvalue weighted by atomic mass is 16.6. The molecular formula is C46H56N4O9. The summed E-state index contributed by atoms with van der Waals surface area (Å²) in [6.07, 6.45) is 5.29. The molecule has 1 aromatic heterocycles. The van der Waals surface area contributed by atoms with Crippen LogP contribution in [0, 0.1) is 17.3 Å². The van der Waals surface area contributed by atoms with Gasteiger partial charge in [-0.05, 0) is 61.9 Å². The minimum Gasteiger partial charge on any atom is -0.496 e. The number of nitrogens with one attached hydrogen (secondary N) is 1. The van der Waals surface area contributed by atoms with Crippen LogP contribution in [-0.4, -0.2) is 128 Å². The zero-order valence-electron chi connectivity index (χ0n) is 35.1. The molecule has 3 aromatic rings. The zero-order valence-corrected chi connectivity index (χ0v) is 35.1. The first-order chi connectivity index (χ1) is 28.3. The van der Waals surface area contributed by atoms with Crippen LogP contribution in [0.5, 0.6) is 5.75 Å². The average molecular weight is 809 g/mol. The number of esters is 3. The molecule has 2 N–H and O–H groups in total. The normalized spacial score (nSPS) is 35.7. The molecule has 2 saturated heterocycles. The van der Waals surface area contributed by atoms with Gasteiger partial charge in [-0.2, -0.15) is 0 Å². The van der Waals surface area contributed by atoms with Gasteiger partial charge in [0.1, 0.15) is 16.9 Å². The number of likely N-dealkylation sites (N-methyl/N-ethyl adjacent to an activating group) is 1. The smallest absolute Gasteiger partial charge is 0.344 e. The molecule has 59 heavy (non-hydrogen) atoms. The number of nitrogens with zero attached hydrogens (tertiary/aromatic N) is 3. The number of hydrogen-bond acceptors (Lipinski definition) is 12. The molecule has 13 heteroatoms. The fraction of sp³-hybridized carbons (Fsp3) is 0.565. The topological polar surface area (TPSA) is 151 Å². The molecule has 2 aromatic carbocycles. The van der Waals surface area contributed by atoms with Gasteiger partial charge in [0.05, 0.1) is 27.4 Å². The van der Waals surface area contributed by atoms with Gasteiger partial charge < -0.3 is 38.8 Å². The Bertz CT molecular complexity index is 2290. The van der Waals surface area contributed by atoms with Crippen molar-refractivity contribution in [1.29, 1.82) is 0 Å². The summed E-state index contributed by atoms with van der Waals surface area (Å²) in [5, 5.41) is 14.3. The number of rotatable bonds is 7. The van der Waals surface area contributed by atoms with Gasteiger partial charge in [-0.15, -0.1) is 0 Å². The second-order valence-corrected chi connectivity index (χ2v) is 17.8. The van der Waals surface area contributed by atoms with Crippen LogP contribution in [0.1, 0.15) is 68.8 Å². The van der Waals surface area contributed by atoms with Gasteiger partial charge in [-0.1, -0.05) is 44.2 Å². The largest absolute Gasteiger partial charge is 0.496 e. The molecule has 10 atom stereocenters. The number of ketones is 1. The molecule has 1 saturated carbocycles. The van der Waals surface area contributed by atoms with Crippen molar-refractivity contribution < 1.29 is 43.2 Å². The van der Waals surface area contributed by atoms with Gasteiger partial charge in [-0.3, -0.25) is 19.3 Å². The minimum absolute atomic E-state index is 0.143. The lowest BCUT2D eigenvalue weighted by molar-refractivity contribution is -0.228. The monoisotopic (exact) mass is 808 g/mol. The van der Waals surface area contributed by atoms with E-state index >= 15 is 4.79 Å².